The Bertz CT molecular complexity index is 584. The van der Waals surface area contributed by atoms with Crippen molar-refractivity contribution in [2.75, 3.05) is 0 Å². The first kappa shape index (κ1) is 12.4. The molecule has 1 aliphatic rings. The van der Waals surface area contributed by atoms with Crippen molar-refractivity contribution in [2.45, 2.75) is 25.4 Å². The van der Waals surface area contributed by atoms with E-state index in [1.165, 1.54) is 31.2 Å². The summed E-state index contributed by atoms with van der Waals surface area (Å²) in [5.74, 6) is -0.629. The second-order valence-corrected chi connectivity index (χ2v) is 4.82. The van der Waals surface area contributed by atoms with Crippen LogP contribution in [0.3, 0.4) is 0 Å². The zero-order valence-corrected chi connectivity index (χ0v) is 10.8. The molecule has 0 atom stereocenters. The van der Waals surface area contributed by atoms with Gasteiger partial charge in [0.1, 0.15) is 6.26 Å². The minimum Gasteiger partial charge on any atom is -0.417 e. The molecule has 0 saturated heterocycles. The van der Waals surface area contributed by atoms with Crippen molar-refractivity contribution in [1.29, 1.82) is 0 Å². The van der Waals surface area contributed by atoms with Gasteiger partial charge in [-0.1, -0.05) is 17.7 Å². The van der Waals surface area contributed by atoms with Crippen molar-refractivity contribution >= 4 is 11.6 Å². The first-order valence-corrected chi connectivity index (χ1v) is 6.40. The van der Waals surface area contributed by atoms with Crippen LogP contribution in [0, 0.1) is 5.82 Å². The third kappa shape index (κ3) is 3.05. The molecule has 1 aromatic carbocycles. The summed E-state index contributed by atoms with van der Waals surface area (Å²) in [6.07, 6.45) is 3.91. The second kappa shape index (κ2) is 5.19. The minimum absolute atomic E-state index is 0.000297. The molecule has 0 aliphatic heterocycles. The van der Waals surface area contributed by atoms with E-state index in [9.17, 15) is 4.39 Å². The predicted octanol–water partition coefficient (Wildman–Crippen LogP) is 3.51. The Kier molecular flexibility index (Phi) is 3.40. The fourth-order valence-electron chi connectivity index (χ4n) is 1.61. The Morgan fingerprint density at radius 1 is 1.47 bits per heavy atom. The van der Waals surface area contributed by atoms with Gasteiger partial charge in [-0.2, -0.15) is 4.98 Å². The zero-order chi connectivity index (χ0) is 13.2. The summed E-state index contributed by atoms with van der Waals surface area (Å²) in [5, 5.41) is 3.30. The summed E-state index contributed by atoms with van der Waals surface area (Å²) in [5.41, 5.74) is 0.726. The number of hydrogen-bond donors (Lipinski definition) is 1. The van der Waals surface area contributed by atoms with Crippen molar-refractivity contribution in [1.82, 2.24) is 10.3 Å². The Morgan fingerprint density at radius 3 is 3.11 bits per heavy atom. The molecule has 1 heterocycles. The number of oxazole rings is 1. The lowest BCUT2D eigenvalue weighted by atomic mass is 10.3. The minimum atomic E-state index is -0.625. The van der Waals surface area contributed by atoms with Crippen LogP contribution in [0.25, 0.3) is 0 Å². The van der Waals surface area contributed by atoms with E-state index in [2.05, 4.69) is 10.3 Å². The molecule has 19 heavy (non-hydrogen) atoms. The van der Waals surface area contributed by atoms with Crippen LogP contribution in [-0.4, -0.2) is 11.0 Å². The van der Waals surface area contributed by atoms with Gasteiger partial charge in [0.05, 0.1) is 10.7 Å². The van der Waals surface area contributed by atoms with Crippen molar-refractivity contribution in [2.24, 2.45) is 0 Å². The summed E-state index contributed by atoms with van der Waals surface area (Å²) in [6, 6.07) is 5.10. The highest BCUT2D eigenvalue weighted by Crippen LogP contribution is 2.28. The average Bonchev–Trinajstić information content (AvgIpc) is 3.13. The van der Waals surface area contributed by atoms with Crippen LogP contribution in [0.2, 0.25) is 5.02 Å². The smallest absolute Gasteiger partial charge is 0.399 e. The van der Waals surface area contributed by atoms with Crippen LogP contribution in [0.5, 0.6) is 11.8 Å². The lowest BCUT2D eigenvalue weighted by Crippen LogP contribution is -2.15. The number of aromatic nitrogens is 1. The molecule has 1 saturated carbocycles. The number of nitrogens with one attached hydrogen (secondary N) is 1. The van der Waals surface area contributed by atoms with E-state index in [0.29, 0.717) is 12.6 Å². The molecule has 0 amide bonds. The highest BCUT2D eigenvalue weighted by atomic mass is 35.5. The monoisotopic (exact) mass is 282 g/mol. The fourth-order valence-corrected chi connectivity index (χ4v) is 1.78. The molecule has 0 spiro atoms. The fraction of sp³-hybridized carbons (Fsp3) is 0.308. The molecule has 100 valence electrons. The Balaban J connectivity index is 1.67. The van der Waals surface area contributed by atoms with Gasteiger partial charge in [-0.15, -0.1) is 0 Å². The van der Waals surface area contributed by atoms with Crippen LogP contribution < -0.4 is 10.1 Å². The molecular formula is C13H12ClFN2O2. The van der Waals surface area contributed by atoms with Crippen molar-refractivity contribution in [3.05, 3.63) is 41.0 Å². The van der Waals surface area contributed by atoms with Crippen LogP contribution in [0.1, 0.15) is 18.5 Å². The molecule has 0 radical (unpaired) electrons. The number of benzene rings is 1. The maximum Gasteiger partial charge on any atom is 0.399 e. The number of rotatable bonds is 5. The van der Waals surface area contributed by atoms with Crippen LogP contribution in [0.15, 0.2) is 28.9 Å². The van der Waals surface area contributed by atoms with Crippen molar-refractivity contribution in [3.8, 4) is 11.8 Å². The van der Waals surface area contributed by atoms with E-state index >= 15 is 0 Å². The summed E-state index contributed by atoms with van der Waals surface area (Å²) < 4.78 is 24.0. The second-order valence-electron chi connectivity index (χ2n) is 4.41. The molecule has 1 fully saturated rings. The summed E-state index contributed by atoms with van der Waals surface area (Å²) in [7, 11) is 0. The third-order valence-corrected chi connectivity index (χ3v) is 3.09. The van der Waals surface area contributed by atoms with Gasteiger partial charge in [-0.25, -0.2) is 4.39 Å². The summed E-state index contributed by atoms with van der Waals surface area (Å²) in [6.45, 7) is 0.621. The van der Waals surface area contributed by atoms with Gasteiger partial charge in [0.25, 0.3) is 0 Å². The normalized spacial score (nSPS) is 14.6. The molecule has 4 nitrogen and oxygen atoms in total. The van der Waals surface area contributed by atoms with E-state index in [1.54, 1.807) is 6.07 Å². The predicted molar refractivity (Wildman–Crippen MR) is 67.8 cm³/mol. The van der Waals surface area contributed by atoms with Gasteiger partial charge in [-0.05, 0) is 25.0 Å². The molecular weight excluding hydrogens is 271 g/mol. The van der Waals surface area contributed by atoms with Crippen molar-refractivity contribution in [3.63, 3.8) is 0 Å². The molecule has 1 aromatic heterocycles. The van der Waals surface area contributed by atoms with E-state index in [4.69, 9.17) is 20.8 Å². The van der Waals surface area contributed by atoms with Crippen LogP contribution in [0.4, 0.5) is 4.39 Å². The van der Waals surface area contributed by atoms with Crippen LogP contribution >= 0.6 is 11.6 Å². The molecule has 3 rings (SSSR count). The molecule has 0 unspecified atom stereocenters. The van der Waals surface area contributed by atoms with E-state index < -0.39 is 5.82 Å². The maximum absolute atomic E-state index is 13.6. The summed E-state index contributed by atoms with van der Waals surface area (Å²) >= 11 is 5.66. The number of halogens is 2. The Labute approximate surface area is 114 Å². The SMILES string of the molecule is Fc1c(Cl)cccc1Oc1nc(CNC2CC2)co1. The number of hydrogen-bond acceptors (Lipinski definition) is 4. The van der Waals surface area contributed by atoms with E-state index in [-0.39, 0.29) is 16.8 Å². The number of nitrogens with zero attached hydrogens (tertiary/aromatic N) is 1. The largest absolute Gasteiger partial charge is 0.417 e. The Morgan fingerprint density at radius 2 is 2.32 bits per heavy atom. The molecule has 0 bridgehead atoms. The van der Waals surface area contributed by atoms with Gasteiger partial charge in [-0.3, -0.25) is 0 Å². The summed E-state index contributed by atoms with van der Waals surface area (Å²) in [4.78, 5) is 4.11. The maximum atomic E-state index is 13.6. The number of ether oxygens (including phenoxy) is 1. The quantitative estimate of drug-likeness (QED) is 0.911. The first-order chi connectivity index (χ1) is 9.22. The molecule has 1 aliphatic carbocycles. The van der Waals surface area contributed by atoms with E-state index in [1.807, 2.05) is 0 Å². The standard InChI is InChI=1S/C13H12ClFN2O2/c14-10-2-1-3-11(12(10)15)19-13-17-9(7-18-13)6-16-8-4-5-8/h1-3,7-8,16H,4-6H2. The Hall–Kier alpha value is -1.59. The lowest BCUT2D eigenvalue weighted by Gasteiger charge is -2.02. The topological polar surface area (TPSA) is 47.3 Å². The van der Waals surface area contributed by atoms with Crippen molar-refractivity contribution < 1.29 is 13.5 Å². The highest BCUT2D eigenvalue weighted by Gasteiger charge is 2.21. The molecule has 1 N–H and O–H groups in total. The zero-order valence-electron chi connectivity index (χ0n) is 10.0. The van der Waals surface area contributed by atoms with Gasteiger partial charge in [0.15, 0.2) is 11.6 Å². The van der Waals surface area contributed by atoms with Gasteiger partial charge in [0, 0.05) is 12.6 Å². The van der Waals surface area contributed by atoms with Gasteiger partial charge >= 0.3 is 6.08 Å². The van der Waals surface area contributed by atoms with Gasteiger partial charge in [0.2, 0.25) is 0 Å². The third-order valence-electron chi connectivity index (χ3n) is 2.79. The highest BCUT2D eigenvalue weighted by molar-refractivity contribution is 6.30. The lowest BCUT2D eigenvalue weighted by molar-refractivity contribution is 0.318. The first-order valence-electron chi connectivity index (χ1n) is 6.02. The van der Waals surface area contributed by atoms with E-state index in [0.717, 1.165) is 5.69 Å². The van der Waals surface area contributed by atoms with Gasteiger partial charge < -0.3 is 14.5 Å². The average molecular weight is 283 g/mol. The molecule has 6 heteroatoms. The van der Waals surface area contributed by atoms with Crippen LogP contribution in [-0.2, 0) is 6.54 Å². The molecule has 2 aromatic rings.